The van der Waals surface area contributed by atoms with Gasteiger partial charge in [-0.2, -0.15) is 5.10 Å². The smallest absolute Gasteiger partial charge is 0.222 e. The van der Waals surface area contributed by atoms with E-state index in [1.54, 1.807) is 4.68 Å². The van der Waals surface area contributed by atoms with Crippen molar-refractivity contribution in [3.63, 3.8) is 0 Å². The van der Waals surface area contributed by atoms with Crippen molar-refractivity contribution >= 4 is 28.7 Å². The summed E-state index contributed by atoms with van der Waals surface area (Å²) in [4.78, 5) is 16.3. The number of hydrogen-bond donors (Lipinski definition) is 1. The second-order valence-electron chi connectivity index (χ2n) is 5.29. The molecule has 2 heterocycles. The summed E-state index contributed by atoms with van der Waals surface area (Å²) in [7, 11) is 1.88. The van der Waals surface area contributed by atoms with Crippen molar-refractivity contribution < 1.29 is 4.79 Å². The maximum Gasteiger partial charge on any atom is 0.222 e. The molecule has 0 unspecified atom stereocenters. The van der Waals surface area contributed by atoms with E-state index in [0.29, 0.717) is 24.9 Å². The van der Waals surface area contributed by atoms with Gasteiger partial charge in [-0.25, -0.2) is 4.98 Å². The fraction of sp³-hybridized carbons (Fsp3) is 0.615. The van der Waals surface area contributed by atoms with Gasteiger partial charge in [0.1, 0.15) is 11.3 Å². The summed E-state index contributed by atoms with van der Waals surface area (Å²) in [6.07, 6.45) is 2.65. The standard InChI is InChI=1S/C13H18ClN5O/c1-8-12-13(18(2)17-8)19(10(7-14)16-12)6-5-11(20)15-9-3-4-9/h9H,3-7H2,1-2H3,(H,15,20). The molecule has 0 atom stereocenters. The highest BCUT2D eigenvalue weighted by Crippen LogP contribution is 2.21. The van der Waals surface area contributed by atoms with E-state index in [4.69, 9.17) is 11.6 Å². The van der Waals surface area contributed by atoms with Gasteiger partial charge >= 0.3 is 0 Å². The monoisotopic (exact) mass is 295 g/mol. The lowest BCUT2D eigenvalue weighted by Crippen LogP contribution is -2.26. The molecule has 0 aliphatic heterocycles. The zero-order valence-electron chi connectivity index (χ0n) is 11.7. The number of amides is 1. The van der Waals surface area contributed by atoms with Gasteiger partial charge < -0.3 is 9.88 Å². The molecule has 3 rings (SSSR count). The van der Waals surface area contributed by atoms with E-state index in [1.165, 1.54) is 0 Å². The second kappa shape index (κ2) is 5.09. The van der Waals surface area contributed by atoms with Crippen LogP contribution >= 0.6 is 11.6 Å². The highest BCUT2D eigenvalue weighted by Gasteiger charge is 2.23. The minimum absolute atomic E-state index is 0.0914. The SMILES string of the molecule is Cc1nn(C)c2c1nc(CCl)n2CCC(=O)NC1CC1. The van der Waals surface area contributed by atoms with E-state index in [2.05, 4.69) is 15.4 Å². The summed E-state index contributed by atoms with van der Waals surface area (Å²) < 4.78 is 3.79. The Balaban J connectivity index is 1.83. The average molecular weight is 296 g/mol. The summed E-state index contributed by atoms with van der Waals surface area (Å²) in [5.74, 6) is 1.21. The number of alkyl halides is 1. The first-order chi connectivity index (χ1) is 9.60. The van der Waals surface area contributed by atoms with Crippen LogP contribution in [-0.2, 0) is 24.3 Å². The maximum atomic E-state index is 11.8. The van der Waals surface area contributed by atoms with Gasteiger partial charge in [0.25, 0.3) is 0 Å². The van der Waals surface area contributed by atoms with Gasteiger partial charge in [-0.15, -0.1) is 11.6 Å². The zero-order valence-corrected chi connectivity index (χ0v) is 12.4. The van der Waals surface area contributed by atoms with Crippen molar-refractivity contribution in [2.45, 2.75) is 44.7 Å². The molecule has 1 saturated carbocycles. The van der Waals surface area contributed by atoms with Crippen LogP contribution < -0.4 is 5.32 Å². The minimum Gasteiger partial charge on any atom is -0.353 e. The van der Waals surface area contributed by atoms with Crippen molar-refractivity contribution in [2.24, 2.45) is 7.05 Å². The van der Waals surface area contributed by atoms with Crippen molar-refractivity contribution in [1.29, 1.82) is 0 Å². The van der Waals surface area contributed by atoms with Gasteiger partial charge in [0.15, 0.2) is 5.65 Å². The fourth-order valence-electron chi connectivity index (χ4n) is 2.46. The molecule has 0 radical (unpaired) electrons. The van der Waals surface area contributed by atoms with Gasteiger partial charge in [0, 0.05) is 26.1 Å². The van der Waals surface area contributed by atoms with Crippen LogP contribution in [0.2, 0.25) is 0 Å². The summed E-state index contributed by atoms with van der Waals surface area (Å²) in [5, 5.41) is 7.36. The minimum atomic E-state index is 0.0914. The highest BCUT2D eigenvalue weighted by atomic mass is 35.5. The van der Waals surface area contributed by atoms with Crippen LogP contribution in [0.4, 0.5) is 0 Å². The second-order valence-corrected chi connectivity index (χ2v) is 5.55. The van der Waals surface area contributed by atoms with Crippen LogP contribution in [0.3, 0.4) is 0 Å². The summed E-state index contributed by atoms with van der Waals surface area (Å²) >= 11 is 5.96. The normalized spacial score (nSPS) is 14.9. The van der Waals surface area contributed by atoms with Crippen LogP contribution in [0.15, 0.2) is 0 Å². The summed E-state index contributed by atoms with van der Waals surface area (Å²) in [6, 6.07) is 0.400. The molecular formula is C13H18ClN5O. The van der Waals surface area contributed by atoms with Crippen LogP contribution in [0.5, 0.6) is 0 Å². The van der Waals surface area contributed by atoms with E-state index in [1.807, 2.05) is 18.5 Å². The van der Waals surface area contributed by atoms with Gasteiger partial charge in [0.2, 0.25) is 5.91 Å². The Bertz CT molecular complexity index is 655. The van der Waals surface area contributed by atoms with Gasteiger partial charge in [-0.05, 0) is 19.8 Å². The number of carbonyl (C=O) groups is 1. The molecule has 1 fully saturated rings. The molecule has 0 spiro atoms. The molecule has 1 aliphatic rings. The lowest BCUT2D eigenvalue weighted by molar-refractivity contribution is -0.121. The van der Waals surface area contributed by atoms with Crippen molar-refractivity contribution in [3.8, 4) is 0 Å². The summed E-state index contributed by atoms with van der Waals surface area (Å²) in [6.45, 7) is 2.51. The molecule has 0 bridgehead atoms. The Labute approximate surface area is 122 Å². The van der Waals surface area contributed by atoms with E-state index < -0.39 is 0 Å². The Morgan fingerprint density at radius 2 is 2.25 bits per heavy atom. The highest BCUT2D eigenvalue weighted by molar-refractivity contribution is 6.16. The van der Waals surface area contributed by atoms with Gasteiger partial charge in [-0.3, -0.25) is 9.48 Å². The quantitative estimate of drug-likeness (QED) is 0.850. The number of halogens is 1. The van der Waals surface area contributed by atoms with Crippen molar-refractivity contribution in [3.05, 3.63) is 11.5 Å². The third-order valence-electron chi connectivity index (χ3n) is 3.59. The number of rotatable bonds is 5. The molecular weight excluding hydrogens is 278 g/mol. The van der Waals surface area contributed by atoms with Crippen LogP contribution in [0.1, 0.15) is 30.8 Å². The molecule has 108 valence electrons. The maximum absolute atomic E-state index is 11.8. The number of nitrogens with zero attached hydrogens (tertiary/aromatic N) is 4. The zero-order chi connectivity index (χ0) is 14.3. The molecule has 20 heavy (non-hydrogen) atoms. The Morgan fingerprint density at radius 1 is 1.50 bits per heavy atom. The number of hydrogen-bond acceptors (Lipinski definition) is 3. The first-order valence-electron chi connectivity index (χ1n) is 6.84. The lowest BCUT2D eigenvalue weighted by Gasteiger charge is -2.08. The molecule has 7 heteroatoms. The van der Waals surface area contributed by atoms with E-state index in [-0.39, 0.29) is 5.91 Å². The third kappa shape index (κ3) is 2.40. The molecule has 0 aromatic carbocycles. The molecule has 0 saturated heterocycles. The number of aromatic nitrogens is 4. The van der Waals surface area contributed by atoms with Crippen LogP contribution in [-0.4, -0.2) is 31.3 Å². The van der Waals surface area contributed by atoms with Crippen molar-refractivity contribution in [2.75, 3.05) is 0 Å². The first kappa shape index (κ1) is 13.4. The van der Waals surface area contributed by atoms with Gasteiger partial charge in [-0.1, -0.05) is 0 Å². The molecule has 1 amide bonds. The Kier molecular flexibility index (Phi) is 3.41. The number of carbonyl (C=O) groups excluding carboxylic acids is 1. The first-order valence-corrected chi connectivity index (χ1v) is 7.37. The van der Waals surface area contributed by atoms with Crippen LogP contribution in [0.25, 0.3) is 11.2 Å². The largest absolute Gasteiger partial charge is 0.353 e. The van der Waals surface area contributed by atoms with E-state index >= 15 is 0 Å². The predicted molar refractivity (Wildman–Crippen MR) is 76.6 cm³/mol. The summed E-state index contributed by atoms with van der Waals surface area (Å²) in [5.41, 5.74) is 2.68. The third-order valence-corrected chi connectivity index (χ3v) is 3.83. The molecule has 2 aromatic heterocycles. The van der Waals surface area contributed by atoms with E-state index in [0.717, 1.165) is 35.5 Å². The fourth-order valence-corrected chi connectivity index (χ4v) is 2.66. The molecule has 6 nitrogen and oxygen atoms in total. The van der Waals surface area contributed by atoms with Gasteiger partial charge in [0.05, 0.1) is 11.6 Å². The predicted octanol–water partition coefficient (Wildman–Crippen LogP) is 1.49. The number of fused-ring (bicyclic) bond motifs is 1. The number of imidazole rings is 1. The van der Waals surface area contributed by atoms with Crippen LogP contribution in [0, 0.1) is 6.92 Å². The lowest BCUT2D eigenvalue weighted by atomic mass is 10.3. The Hall–Kier alpha value is -1.56. The van der Waals surface area contributed by atoms with Crippen molar-refractivity contribution in [1.82, 2.24) is 24.6 Å². The topological polar surface area (TPSA) is 64.7 Å². The molecule has 1 aliphatic carbocycles. The average Bonchev–Trinajstić information content (AvgIpc) is 3.06. The number of aryl methyl sites for hydroxylation is 3. The molecule has 2 aromatic rings. The molecule has 1 N–H and O–H groups in total. The van der Waals surface area contributed by atoms with E-state index in [9.17, 15) is 4.79 Å². The Morgan fingerprint density at radius 3 is 2.90 bits per heavy atom. The number of nitrogens with one attached hydrogen (secondary N) is 1.